The number of hydrogen-bond acceptors (Lipinski definition) is 3. The number of carbonyl (C=O) groups is 1. The van der Waals surface area contributed by atoms with Gasteiger partial charge in [-0.05, 0) is 30.9 Å². The molecule has 4 heteroatoms. The summed E-state index contributed by atoms with van der Waals surface area (Å²) < 4.78 is 0. The Hall–Kier alpha value is -1.58. The summed E-state index contributed by atoms with van der Waals surface area (Å²) in [6.07, 6.45) is 5.25. The van der Waals surface area contributed by atoms with E-state index in [4.69, 9.17) is 0 Å². The number of carbonyl (C=O) groups excluding carboxylic acids is 1. The van der Waals surface area contributed by atoms with Gasteiger partial charge in [0.2, 0.25) is 0 Å². The Morgan fingerprint density at radius 3 is 3.17 bits per heavy atom. The maximum atomic E-state index is 12.4. The predicted octanol–water partition coefficient (Wildman–Crippen LogP) is 2.39. The van der Waals surface area contributed by atoms with Crippen molar-refractivity contribution in [3.05, 3.63) is 23.9 Å². The number of nitrogens with one attached hydrogen (secondary N) is 1. The highest BCUT2D eigenvalue weighted by molar-refractivity contribution is 5.98. The zero-order chi connectivity index (χ0) is 13.0. The lowest BCUT2D eigenvalue weighted by atomic mass is 10.0. The fourth-order valence-corrected chi connectivity index (χ4v) is 2.61. The van der Waals surface area contributed by atoms with Gasteiger partial charge in [-0.3, -0.25) is 4.79 Å². The van der Waals surface area contributed by atoms with Crippen LogP contribution in [0.25, 0.3) is 0 Å². The first kappa shape index (κ1) is 12.9. The molecule has 1 amide bonds. The van der Waals surface area contributed by atoms with Gasteiger partial charge in [0.05, 0.1) is 5.56 Å². The lowest BCUT2D eigenvalue weighted by Gasteiger charge is -2.17. The lowest BCUT2D eigenvalue weighted by molar-refractivity contribution is 0.0787. The molecule has 0 aliphatic carbocycles. The van der Waals surface area contributed by atoms with Crippen LogP contribution in [0, 0.1) is 5.92 Å². The molecule has 1 aromatic heterocycles. The van der Waals surface area contributed by atoms with Crippen LogP contribution in [0.3, 0.4) is 0 Å². The summed E-state index contributed by atoms with van der Waals surface area (Å²) in [6, 6.07) is 3.65. The highest BCUT2D eigenvalue weighted by Crippen LogP contribution is 2.23. The van der Waals surface area contributed by atoms with Gasteiger partial charge in [0.1, 0.15) is 5.82 Å². The van der Waals surface area contributed by atoms with Crippen molar-refractivity contribution in [2.45, 2.75) is 26.2 Å². The number of rotatable bonds is 4. The molecule has 0 spiro atoms. The third kappa shape index (κ3) is 2.63. The van der Waals surface area contributed by atoms with Crippen LogP contribution in [0.1, 0.15) is 36.5 Å². The van der Waals surface area contributed by atoms with Crippen LogP contribution in [0.5, 0.6) is 0 Å². The molecule has 2 rings (SSSR count). The van der Waals surface area contributed by atoms with Gasteiger partial charge < -0.3 is 10.2 Å². The molecule has 18 heavy (non-hydrogen) atoms. The van der Waals surface area contributed by atoms with Gasteiger partial charge in [-0.1, -0.05) is 13.3 Å². The van der Waals surface area contributed by atoms with E-state index in [-0.39, 0.29) is 5.91 Å². The van der Waals surface area contributed by atoms with E-state index in [0.717, 1.165) is 19.5 Å². The Morgan fingerprint density at radius 1 is 1.61 bits per heavy atom. The molecule has 0 radical (unpaired) electrons. The molecule has 0 saturated carbocycles. The zero-order valence-electron chi connectivity index (χ0n) is 11.1. The zero-order valence-corrected chi connectivity index (χ0v) is 11.1. The van der Waals surface area contributed by atoms with E-state index in [1.807, 2.05) is 17.0 Å². The summed E-state index contributed by atoms with van der Waals surface area (Å²) >= 11 is 0. The largest absolute Gasteiger partial charge is 0.372 e. The fraction of sp³-hybridized carbons (Fsp3) is 0.571. The van der Waals surface area contributed by atoms with E-state index in [0.29, 0.717) is 17.3 Å². The van der Waals surface area contributed by atoms with Crippen molar-refractivity contribution < 1.29 is 4.79 Å². The molecule has 1 aliphatic rings. The van der Waals surface area contributed by atoms with Gasteiger partial charge in [0.15, 0.2) is 0 Å². The molecular weight excluding hydrogens is 226 g/mol. The second-order valence-corrected chi connectivity index (χ2v) is 4.84. The van der Waals surface area contributed by atoms with E-state index in [9.17, 15) is 4.79 Å². The molecule has 1 N–H and O–H groups in total. The van der Waals surface area contributed by atoms with Crippen molar-refractivity contribution in [1.82, 2.24) is 9.88 Å². The van der Waals surface area contributed by atoms with Gasteiger partial charge in [-0.15, -0.1) is 0 Å². The first-order chi connectivity index (χ1) is 8.76. The van der Waals surface area contributed by atoms with Crippen LogP contribution < -0.4 is 5.32 Å². The molecule has 1 saturated heterocycles. The molecular formula is C14H21N3O. The monoisotopic (exact) mass is 247 g/mol. The van der Waals surface area contributed by atoms with Crippen molar-refractivity contribution in [1.29, 1.82) is 0 Å². The number of likely N-dealkylation sites (tertiary alicyclic amines) is 1. The SMILES string of the molecule is CCCC1CCN(C(=O)c2cccnc2NC)C1. The topological polar surface area (TPSA) is 45.2 Å². The quantitative estimate of drug-likeness (QED) is 0.888. The van der Waals surface area contributed by atoms with Crippen molar-refractivity contribution >= 4 is 11.7 Å². The molecule has 0 aromatic carbocycles. The van der Waals surface area contributed by atoms with Gasteiger partial charge in [0.25, 0.3) is 5.91 Å². The van der Waals surface area contributed by atoms with Crippen LogP contribution in [-0.4, -0.2) is 35.9 Å². The Labute approximate surface area is 108 Å². The number of hydrogen-bond donors (Lipinski definition) is 1. The number of amides is 1. The molecule has 1 unspecified atom stereocenters. The van der Waals surface area contributed by atoms with Crippen molar-refractivity contribution in [2.24, 2.45) is 5.92 Å². The van der Waals surface area contributed by atoms with Crippen LogP contribution in [0.2, 0.25) is 0 Å². The molecule has 1 atom stereocenters. The van der Waals surface area contributed by atoms with Gasteiger partial charge in [-0.2, -0.15) is 0 Å². The van der Waals surface area contributed by atoms with Gasteiger partial charge >= 0.3 is 0 Å². The predicted molar refractivity (Wildman–Crippen MR) is 72.7 cm³/mol. The van der Waals surface area contributed by atoms with Gasteiger partial charge in [-0.25, -0.2) is 4.98 Å². The Balaban J connectivity index is 2.08. The molecule has 4 nitrogen and oxygen atoms in total. The molecule has 1 aliphatic heterocycles. The fourth-order valence-electron chi connectivity index (χ4n) is 2.61. The van der Waals surface area contributed by atoms with Crippen LogP contribution in [0.4, 0.5) is 5.82 Å². The Kier molecular flexibility index (Phi) is 4.18. The third-order valence-electron chi connectivity index (χ3n) is 3.54. The summed E-state index contributed by atoms with van der Waals surface area (Å²) in [7, 11) is 1.79. The summed E-state index contributed by atoms with van der Waals surface area (Å²) in [4.78, 5) is 18.6. The summed E-state index contributed by atoms with van der Waals surface area (Å²) in [6.45, 7) is 3.97. The summed E-state index contributed by atoms with van der Waals surface area (Å²) in [5, 5.41) is 2.98. The molecule has 1 fully saturated rings. The summed E-state index contributed by atoms with van der Waals surface area (Å²) in [5.74, 6) is 1.45. The van der Waals surface area contributed by atoms with Crippen molar-refractivity contribution in [2.75, 3.05) is 25.5 Å². The first-order valence-corrected chi connectivity index (χ1v) is 6.68. The maximum Gasteiger partial charge on any atom is 0.257 e. The number of pyridine rings is 1. The average Bonchev–Trinajstić information content (AvgIpc) is 2.87. The minimum absolute atomic E-state index is 0.103. The second kappa shape index (κ2) is 5.85. The van der Waals surface area contributed by atoms with Crippen molar-refractivity contribution in [3.63, 3.8) is 0 Å². The Morgan fingerprint density at radius 2 is 2.44 bits per heavy atom. The third-order valence-corrected chi connectivity index (χ3v) is 3.54. The second-order valence-electron chi connectivity index (χ2n) is 4.84. The minimum atomic E-state index is 0.103. The van der Waals surface area contributed by atoms with E-state index in [1.165, 1.54) is 12.8 Å². The van der Waals surface area contributed by atoms with E-state index >= 15 is 0 Å². The normalized spacial score (nSPS) is 19.0. The number of anilines is 1. The smallest absolute Gasteiger partial charge is 0.257 e. The van der Waals surface area contributed by atoms with Crippen LogP contribution in [-0.2, 0) is 0 Å². The molecule has 98 valence electrons. The number of nitrogens with zero attached hydrogens (tertiary/aromatic N) is 2. The highest BCUT2D eigenvalue weighted by Gasteiger charge is 2.27. The molecule has 2 heterocycles. The Bertz CT molecular complexity index is 419. The maximum absolute atomic E-state index is 12.4. The number of aromatic nitrogens is 1. The standard InChI is InChI=1S/C14H21N3O/c1-3-5-11-7-9-17(10-11)14(18)12-6-4-8-16-13(12)15-2/h4,6,8,11H,3,5,7,9-10H2,1-2H3,(H,15,16). The van der Waals surface area contributed by atoms with Crippen LogP contribution in [0.15, 0.2) is 18.3 Å². The average molecular weight is 247 g/mol. The lowest BCUT2D eigenvalue weighted by Crippen LogP contribution is -2.29. The van der Waals surface area contributed by atoms with E-state index in [1.54, 1.807) is 13.2 Å². The van der Waals surface area contributed by atoms with E-state index < -0.39 is 0 Å². The van der Waals surface area contributed by atoms with Gasteiger partial charge in [0, 0.05) is 26.3 Å². The van der Waals surface area contributed by atoms with Crippen molar-refractivity contribution in [3.8, 4) is 0 Å². The first-order valence-electron chi connectivity index (χ1n) is 6.68. The summed E-state index contributed by atoms with van der Waals surface area (Å²) in [5.41, 5.74) is 0.678. The molecule has 1 aromatic rings. The van der Waals surface area contributed by atoms with E-state index in [2.05, 4.69) is 17.2 Å². The van der Waals surface area contributed by atoms with Crippen LogP contribution >= 0.6 is 0 Å². The minimum Gasteiger partial charge on any atom is -0.372 e. The molecule has 0 bridgehead atoms. The highest BCUT2D eigenvalue weighted by atomic mass is 16.2.